The molecule has 0 heterocycles. The molecule has 2 N–H and O–H groups in total. The van der Waals surface area contributed by atoms with E-state index >= 15 is 0 Å². The zero-order chi connectivity index (χ0) is 14.8. The van der Waals surface area contributed by atoms with Gasteiger partial charge < -0.3 is 15.4 Å². The van der Waals surface area contributed by atoms with Crippen LogP contribution in [0.25, 0.3) is 0 Å². The number of terminal acetylenes is 1. The first-order chi connectivity index (χ1) is 9.65. The second-order valence-electron chi connectivity index (χ2n) is 4.49. The molecule has 0 bridgehead atoms. The molecule has 1 aromatic rings. The molecule has 0 saturated heterocycles. The summed E-state index contributed by atoms with van der Waals surface area (Å²) in [5.41, 5.74) is 2.40. The average molecular weight is 273 g/mol. The number of hydrogen-bond acceptors (Lipinski definition) is 2. The fourth-order valence-electron chi connectivity index (χ4n) is 1.81. The minimum absolute atomic E-state index is 0.462. The van der Waals surface area contributed by atoms with E-state index in [4.69, 9.17) is 11.2 Å². The fourth-order valence-corrected chi connectivity index (χ4v) is 1.81. The van der Waals surface area contributed by atoms with E-state index in [1.54, 1.807) is 0 Å². The van der Waals surface area contributed by atoms with Crippen molar-refractivity contribution >= 4 is 5.96 Å². The van der Waals surface area contributed by atoms with Crippen molar-refractivity contribution in [3.63, 3.8) is 0 Å². The summed E-state index contributed by atoms with van der Waals surface area (Å²) in [6.07, 6.45) is 5.21. The van der Waals surface area contributed by atoms with Crippen LogP contribution in [-0.4, -0.2) is 32.2 Å². The molecule has 0 spiro atoms. The van der Waals surface area contributed by atoms with E-state index in [2.05, 4.69) is 41.5 Å². The molecule has 0 aromatic heterocycles. The highest BCUT2D eigenvalue weighted by molar-refractivity contribution is 5.79. The molecular weight excluding hydrogens is 250 g/mol. The summed E-state index contributed by atoms with van der Waals surface area (Å²) in [6.45, 7) is 8.51. The second kappa shape index (κ2) is 8.87. The van der Waals surface area contributed by atoms with Gasteiger partial charge in [-0.3, -0.25) is 0 Å². The van der Waals surface area contributed by atoms with Crippen LogP contribution in [-0.2, 0) is 0 Å². The van der Waals surface area contributed by atoms with E-state index in [1.165, 1.54) is 11.1 Å². The van der Waals surface area contributed by atoms with Crippen LogP contribution in [0.1, 0.15) is 18.1 Å². The molecule has 0 aliphatic carbocycles. The highest BCUT2D eigenvalue weighted by Crippen LogP contribution is 2.15. The molecule has 0 unspecified atom stereocenters. The van der Waals surface area contributed by atoms with E-state index in [-0.39, 0.29) is 0 Å². The van der Waals surface area contributed by atoms with Crippen molar-refractivity contribution in [2.45, 2.75) is 20.8 Å². The normalized spacial score (nSPS) is 10.8. The second-order valence-corrected chi connectivity index (χ2v) is 4.49. The summed E-state index contributed by atoms with van der Waals surface area (Å²) in [4.78, 5) is 4.38. The first-order valence-electron chi connectivity index (χ1n) is 6.82. The SMILES string of the molecule is C#CCNC(=NCCOc1cc(C)cc(C)c1)NCC. The lowest BCUT2D eigenvalue weighted by Crippen LogP contribution is -2.37. The third kappa shape index (κ3) is 6.14. The van der Waals surface area contributed by atoms with Gasteiger partial charge in [0.2, 0.25) is 0 Å². The van der Waals surface area contributed by atoms with Crippen molar-refractivity contribution in [1.29, 1.82) is 0 Å². The van der Waals surface area contributed by atoms with Crippen LogP contribution >= 0.6 is 0 Å². The number of ether oxygens (including phenoxy) is 1. The Morgan fingerprint density at radius 2 is 1.95 bits per heavy atom. The van der Waals surface area contributed by atoms with Crippen LogP contribution in [0.15, 0.2) is 23.2 Å². The Morgan fingerprint density at radius 3 is 2.55 bits per heavy atom. The molecule has 0 atom stereocenters. The maximum Gasteiger partial charge on any atom is 0.192 e. The van der Waals surface area contributed by atoms with Gasteiger partial charge in [-0.25, -0.2) is 4.99 Å². The van der Waals surface area contributed by atoms with Gasteiger partial charge in [0.15, 0.2) is 5.96 Å². The number of nitrogens with one attached hydrogen (secondary N) is 2. The topological polar surface area (TPSA) is 45.7 Å². The molecule has 4 heteroatoms. The molecule has 4 nitrogen and oxygen atoms in total. The summed E-state index contributed by atoms with van der Waals surface area (Å²) in [7, 11) is 0. The molecule has 0 aliphatic heterocycles. The Morgan fingerprint density at radius 1 is 1.25 bits per heavy atom. The fraction of sp³-hybridized carbons (Fsp3) is 0.438. The van der Waals surface area contributed by atoms with Crippen LogP contribution < -0.4 is 15.4 Å². The van der Waals surface area contributed by atoms with E-state index < -0.39 is 0 Å². The molecule has 0 radical (unpaired) electrons. The van der Waals surface area contributed by atoms with Gasteiger partial charge in [0.05, 0.1) is 13.1 Å². The third-order valence-corrected chi connectivity index (χ3v) is 2.53. The molecule has 0 amide bonds. The minimum Gasteiger partial charge on any atom is -0.492 e. The van der Waals surface area contributed by atoms with Crippen LogP contribution in [0.3, 0.4) is 0 Å². The average Bonchev–Trinajstić information content (AvgIpc) is 2.39. The predicted octanol–water partition coefficient (Wildman–Crippen LogP) is 1.87. The monoisotopic (exact) mass is 273 g/mol. The highest BCUT2D eigenvalue weighted by atomic mass is 16.5. The number of guanidine groups is 1. The largest absolute Gasteiger partial charge is 0.492 e. The first-order valence-corrected chi connectivity index (χ1v) is 6.82. The molecule has 0 aliphatic rings. The van der Waals surface area contributed by atoms with Gasteiger partial charge in [0, 0.05) is 6.54 Å². The Hall–Kier alpha value is -2.15. The van der Waals surface area contributed by atoms with Gasteiger partial charge in [0.1, 0.15) is 12.4 Å². The van der Waals surface area contributed by atoms with Gasteiger partial charge in [-0.15, -0.1) is 6.42 Å². The van der Waals surface area contributed by atoms with Crippen LogP contribution in [0.5, 0.6) is 5.75 Å². The van der Waals surface area contributed by atoms with Gasteiger partial charge >= 0.3 is 0 Å². The van der Waals surface area contributed by atoms with E-state index in [0.29, 0.717) is 19.7 Å². The summed E-state index contributed by atoms with van der Waals surface area (Å²) in [5, 5.41) is 6.16. The molecule has 1 rings (SSSR count). The lowest BCUT2D eigenvalue weighted by atomic mass is 10.1. The quantitative estimate of drug-likeness (QED) is 0.360. The number of aryl methyl sites for hydroxylation is 2. The molecule has 108 valence electrons. The van der Waals surface area contributed by atoms with E-state index in [0.717, 1.165) is 18.3 Å². The summed E-state index contributed by atoms with van der Waals surface area (Å²) < 4.78 is 5.70. The maximum atomic E-state index is 5.70. The lowest BCUT2D eigenvalue weighted by molar-refractivity contribution is 0.328. The molecule has 20 heavy (non-hydrogen) atoms. The number of rotatable bonds is 6. The maximum absolute atomic E-state index is 5.70. The molecular formula is C16H23N3O. The Bertz CT molecular complexity index is 469. The first kappa shape index (κ1) is 15.9. The third-order valence-electron chi connectivity index (χ3n) is 2.53. The van der Waals surface area contributed by atoms with Crippen LogP contribution in [0.4, 0.5) is 0 Å². The summed E-state index contributed by atoms with van der Waals surface area (Å²) >= 11 is 0. The van der Waals surface area contributed by atoms with E-state index in [1.807, 2.05) is 19.1 Å². The Kier molecular flexibility index (Phi) is 7.05. The zero-order valence-electron chi connectivity index (χ0n) is 12.5. The summed E-state index contributed by atoms with van der Waals surface area (Å²) in [6, 6.07) is 6.18. The van der Waals surface area contributed by atoms with Crippen molar-refractivity contribution in [3.05, 3.63) is 29.3 Å². The molecule has 0 saturated carbocycles. The molecule has 1 aromatic carbocycles. The van der Waals surface area contributed by atoms with Crippen LogP contribution in [0.2, 0.25) is 0 Å². The summed E-state index contributed by atoms with van der Waals surface area (Å²) in [5.74, 6) is 4.13. The van der Waals surface area contributed by atoms with Crippen molar-refractivity contribution in [3.8, 4) is 18.1 Å². The highest BCUT2D eigenvalue weighted by Gasteiger charge is 1.98. The number of benzene rings is 1. The van der Waals surface area contributed by atoms with Gasteiger partial charge in [-0.1, -0.05) is 12.0 Å². The van der Waals surface area contributed by atoms with Crippen molar-refractivity contribution < 1.29 is 4.74 Å². The smallest absolute Gasteiger partial charge is 0.192 e. The van der Waals surface area contributed by atoms with Crippen molar-refractivity contribution in [1.82, 2.24) is 10.6 Å². The standard InChI is InChI=1S/C16H23N3O/c1-5-7-18-16(17-6-2)19-8-9-20-15-11-13(3)10-14(4)12-15/h1,10-12H,6-9H2,2-4H3,(H2,17,18,19). The van der Waals surface area contributed by atoms with Crippen molar-refractivity contribution in [2.75, 3.05) is 26.2 Å². The predicted molar refractivity (Wildman–Crippen MR) is 84.2 cm³/mol. The zero-order valence-corrected chi connectivity index (χ0v) is 12.5. The van der Waals surface area contributed by atoms with Gasteiger partial charge in [0.25, 0.3) is 0 Å². The number of hydrogen-bond donors (Lipinski definition) is 2. The van der Waals surface area contributed by atoms with Gasteiger partial charge in [-0.05, 0) is 44.0 Å². The minimum atomic E-state index is 0.462. The number of aliphatic imine (C=N–C) groups is 1. The Labute approximate surface area is 121 Å². The molecule has 0 fully saturated rings. The van der Waals surface area contributed by atoms with Crippen molar-refractivity contribution in [2.24, 2.45) is 4.99 Å². The van der Waals surface area contributed by atoms with E-state index in [9.17, 15) is 0 Å². The van der Waals surface area contributed by atoms with Gasteiger partial charge in [-0.2, -0.15) is 0 Å². The Balaban J connectivity index is 2.43. The van der Waals surface area contributed by atoms with Crippen LogP contribution in [0, 0.1) is 26.2 Å². The number of nitrogens with zero attached hydrogens (tertiary/aromatic N) is 1. The lowest BCUT2D eigenvalue weighted by Gasteiger charge is -2.10.